The molecule has 0 heterocycles. The summed E-state index contributed by atoms with van der Waals surface area (Å²) in [5.74, 6) is 0.754. The van der Waals surface area contributed by atoms with Crippen molar-refractivity contribution in [3.63, 3.8) is 0 Å². The maximum atomic E-state index is 12.0. The van der Waals surface area contributed by atoms with Crippen LogP contribution in [0.5, 0.6) is 5.75 Å². The van der Waals surface area contributed by atoms with E-state index in [2.05, 4.69) is 47.7 Å². The Labute approximate surface area is 192 Å². The largest absolute Gasteiger partial charge is 0.489 e. The molecule has 3 rings (SSSR count). The van der Waals surface area contributed by atoms with E-state index in [1.54, 1.807) is 6.21 Å². The Hall–Kier alpha value is -2.64. The molecule has 0 atom stereocenters. The molecule has 3 aromatic carbocycles. The van der Waals surface area contributed by atoms with E-state index < -0.39 is 0 Å². The van der Waals surface area contributed by atoms with Gasteiger partial charge in [-0.05, 0) is 60.0 Å². The van der Waals surface area contributed by atoms with E-state index in [9.17, 15) is 4.79 Å². The third-order valence-electron chi connectivity index (χ3n) is 4.32. The zero-order chi connectivity index (χ0) is 21.3. The normalized spacial score (nSPS) is 10.8. The Kier molecular flexibility index (Phi) is 8.04. The van der Waals surface area contributed by atoms with Crippen LogP contribution in [0.25, 0.3) is 0 Å². The van der Waals surface area contributed by atoms with Crippen molar-refractivity contribution >= 4 is 49.8 Å². The molecule has 30 heavy (non-hydrogen) atoms. The maximum absolute atomic E-state index is 12.0. The van der Waals surface area contributed by atoms with Gasteiger partial charge in [-0.25, -0.2) is 10.2 Å². The van der Waals surface area contributed by atoms with Crippen LogP contribution in [0, 0.1) is 0 Å². The van der Waals surface area contributed by atoms with E-state index >= 15 is 0 Å². The number of benzene rings is 3. The van der Waals surface area contributed by atoms with Gasteiger partial charge >= 0.3 is 6.03 Å². The van der Waals surface area contributed by atoms with Crippen molar-refractivity contribution in [1.82, 2.24) is 5.43 Å². The van der Waals surface area contributed by atoms with Crippen molar-refractivity contribution < 1.29 is 9.53 Å². The Morgan fingerprint density at radius 2 is 1.80 bits per heavy atom. The molecule has 0 fully saturated rings. The molecule has 0 aliphatic carbocycles. The Morgan fingerprint density at radius 3 is 2.53 bits per heavy atom. The molecule has 5 nitrogen and oxygen atoms in total. The van der Waals surface area contributed by atoms with E-state index in [0.717, 1.165) is 43.5 Å². The van der Waals surface area contributed by atoms with Crippen LogP contribution < -0.4 is 15.5 Å². The van der Waals surface area contributed by atoms with Crippen molar-refractivity contribution in [2.24, 2.45) is 5.10 Å². The molecule has 0 aliphatic heterocycles. The summed E-state index contributed by atoms with van der Waals surface area (Å²) >= 11 is 6.97. The molecular formula is C23H21Br2N3O2. The number of hydrogen-bond acceptors (Lipinski definition) is 3. The van der Waals surface area contributed by atoms with Crippen LogP contribution in [0.2, 0.25) is 0 Å². The Morgan fingerprint density at radius 1 is 1.03 bits per heavy atom. The predicted molar refractivity (Wildman–Crippen MR) is 128 cm³/mol. The molecular weight excluding hydrogens is 510 g/mol. The first-order valence-electron chi connectivity index (χ1n) is 9.40. The highest BCUT2D eigenvalue weighted by Gasteiger charge is 2.04. The molecule has 2 N–H and O–H groups in total. The highest BCUT2D eigenvalue weighted by molar-refractivity contribution is 9.11. The molecule has 2 amide bonds. The predicted octanol–water partition coefficient (Wildman–Crippen LogP) is 6.51. The SMILES string of the molecule is CCc1ccccc1NC(=O)N/N=C/c1ccc(OCc2ccc(Br)cc2Br)cc1. The summed E-state index contributed by atoms with van der Waals surface area (Å²) in [4.78, 5) is 12.0. The molecule has 0 saturated heterocycles. The lowest BCUT2D eigenvalue weighted by Gasteiger charge is -2.09. The minimum Gasteiger partial charge on any atom is -0.489 e. The number of amides is 2. The van der Waals surface area contributed by atoms with Gasteiger partial charge in [0, 0.05) is 20.2 Å². The summed E-state index contributed by atoms with van der Waals surface area (Å²) in [5, 5.41) is 6.80. The Bertz CT molecular complexity index is 1040. The van der Waals surface area contributed by atoms with Gasteiger partial charge in [-0.2, -0.15) is 5.10 Å². The molecule has 0 spiro atoms. The van der Waals surface area contributed by atoms with Gasteiger partial charge < -0.3 is 10.1 Å². The number of hydrogen-bond donors (Lipinski definition) is 2. The number of urea groups is 1. The smallest absolute Gasteiger partial charge is 0.339 e. The third kappa shape index (κ3) is 6.43. The van der Waals surface area contributed by atoms with E-state index in [-0.39, 0.29) is 6.03 Å². The molecule has 0 radical (unpaired) electrons. The summed E-state index contributed by atoms with van der Waals surface area (Å²) in [5.41, 5.74) is 6.25. The molecule has 7 heteroatoms. The van der Waals surface area contributed by atoms with E-state index in [0.29, 0.717) is 6.61 Å². The number of carbonyl (C=O) groups excluding carboxylic acids is 1. The van der Waals surface area contributed by atoms with E-state index in [1.165, 1.54) is 0 Å². The molecule has 0 aliphatic rings. The minimum atomic E-state index is -0.382. The van der Waals surface area contributed by atoms with Crippen LogP contribution in [0.3, 0.4) is 0 Å². The van der Waals surface area contributed by atoms with Crippen LogP contribution in [0.1, 0.15) is 23.6 Å². The first kappa shape index (κ1) is 22.1. The minimum absolute atomic E-state index is 0.382. The Balaban J connectivity index is 1.50. The topological polar surface area (TPSA) is 62.7 Å². The number of para-hydroxylation sites is 1. The first-order chi connectivity index (χ1) is 14.5. The lowest BCUT2D eigenvalue weighted by molar-refractivity contribution is 0.252. The second-order valence-corrected chi connectivity index (χ2v) is 8.20. The second kappa shape index (κ2) is 10.9. The van der Waals surface area contributed by atoms with Gasteiger partial charge in [0.25, 0.3) is 0 Å². The van der Waals surface area contributed by atoms with Crippen LogP contribution in [0.4, 0.5) is 10.5 Å². The van der Waals surface area contributed by atoms with Crippen molar-refractivity contribution in [2.75, 3.05) is 5.32 Å². The summed E-state index contributed by atoms with van der Waals surface area (Å²) in [6.45, 7) is 2.50. The summed E-state index contributed by atoms with van der Waals surface area (Å²) in [6.07, 6.45) is 2.42. The second-order valence-electron chi connectivity index (χ2n) is 6.43. The number of ether oxygens (including phenoxy) is 1. The van der Waals surface area contributed by atoms with Crippen LogP contribution in [-0.4, -0.2) is 12.2 Å². The molecule has 154 valence electrons. The van der Waals surface area contributed by atoms with Gasteiger partial charge in [0.1, 0.15) is 12.4 Å². The van der Waals surface area contributed by atoms with Crippen molar-refractivity contribution in [3.05, 3.63) is 92.4 Å². The summed E-state index contributed by atoms with van der Waals surface area (Å²) in [6, 6.07) is 20.8. The van der Waals surface area contributed by atoms with Gasteiger partial charge in [0.05, 0.1) is 6.21 Å². The van der Waals surface area contributed by atoms with Crippen molar-refractivity contribution in [2.45, 2.75) is 20.0 Å². The average Bonchev–Trinajstić information content (AvgIpc) is 2.74. The van der Waals surface area contributed by atoms with Crippen LogP contribution in [-0.2, 0) is 13.0 Å². The quantitative estimate of drug-likeness (QED) is 0.270. The fourth-order valence-corrected chi connectivity index (χ4v) is 3.88. The van der Waals surface area contributed by atoms with E-state index in [4.69, 9.17) is 4.74 Å². The number of hydrazone groups is 1. The van der Waals surface area contributed by atoms with Gasteiger partial charge in [0.2, 0.25) is 0 Å². The fraction of sp³-hybridized carbons (Fsp3) is 0.130. The monoisotopic (exact) mass is 529 g/mol. The number of nitrogens with zero attached hydrogens (tertiary/aromatic N) is 1. The number of halogens is 2. The van der Waals surface area contributed by atoms with Crippen molar-refractivity contribution in [3.8, 4) is 5.75 Å². The number of rotatable bonds is 7. The zero-order valence-corrected chi connectivity index (χ0v) is 19.5. The summed E-state index contributed by atoms with van der Waals surface area (Å²) in [7, 11) is 0. The van der Waals surface area contributed by atoms with Crippen LogP contribution in [0.15, 0.2) is 80.8 Å². The molecule has 0 aromatic heterocycles. The fourth-order valence-electron chi connectivity index (χ4n) is 2.72. The molecule has 0 saturated carbocycles. The number of anilines is 1. The standard InChI is InChI=1S/C23H21Br2N3O2/c1-2-17-5-3-4-6-22(17)27-23(29)28-26-14-16-7-11-20(12-8-16)30-15-18-9-10-19(24)13-21(18)25/h3-14H,2,15H2,1H3,(H2,27,28,29)/b26-14+. The van der Waals surface area contributed by atoms with Gasteiger partial charge in [-0.3, -0.25) is 0 Å². The lowest BCUT2D eigenvalue weighted by Crippen LogP contribution is -2.24. The highest BCUT2D eigenvalue weighted by Crippen LogP contribution is 2.23. The average molecular weight is 531 g/mol. The third-order valence-corrected chi connectivity index (χ3v) is 5.55. The lowest BCUT2D eigenvalue weighted by atomic mass is 10.1. The number of aryl methyl sites for hydroxylation is 1. The molecule has 0 bridgehead atoms. The molecule has 0 unspecified atom stereocenters. The van der Waals surface area contributed by atoms with E-state index in [1.807, 2.05) is 73.7 Å². The maximum Gasteiger partial charge on any atom is 0.339 e. The van der Waals surface area contributed by atoms with Gasteiger partial charge in [-0.15, -0.1) is 0 Å². The first-order valence-corrected chi connectivity index (χ1v) is 11.0. The number of nitrogens with one attached hydrogen (secondary N) is 2. The van der Waals surface area contributed by atoms with Gasteiger partial charge in [0.15, 0.2) is 0 Å². The van der Waals surface area contributed by atoms with Crippen molar-refractivity contribution in [1.29, 1.82) is 0 Å². The number of carbonyl (C=O) groups is 1. The summed E-state index contributed by atoms with van der Waals surface area (Å²) < 4.78 is 7.83. The van der Waals surface area contributed by atoms with Gasteiger partial charge in [-0.1, -0.05) is 63.0 Å². The highest BCUT2D eigenvalue weighted by atomic mass is 79.9. The zero-order valence-electron chi connectivity index (χ0n) is 16.4. The molecule has 3 aromatic rings. The van der Waals surface area contributed by atoms with Crippen LogP contribution >= 0.6 is 31.9 Å².